The van der Waals surface area contributed by atoms with Gasteiger partial charge in [0.05, 0.1) is 0 Å². The lowest BCUT2D eigenvalue weighted by Crippen LogP contribution is -2.51. The number of unbranched alkanes of at least 4 members (excludes halogenated alkanes) is 2. The van der Waals surface area contributed by atoms with Crippen molar-refractivity contribution in [1.82, 2.24) is 10.2 Å². The van der Waals surface area contributed by atoms with Gasteiger partial charge in [0.2, 0.25) is 0 Å². The number of hydrogen-bond acceptors (Lipinski definition) is 2. The second kappa shape index (κ2) is 7.33. The summed E-state index contributed by atoms with van der Waals surface area (Å²) in [6.45, 7) is 5.57. The van der Waals surface area contributed by atoms with Crippen molar-refractivity contribution in [3.63, 3.8) is 0 Å². The number of hydrogen-bond donors (Lipinski definition) is 1. The van der Waals surface area contributed by atoms with Crippen LogP contribution in [0.1, 0.15) is 37.8 Å². The molecule has 0 aromatic heterocycles. The molecular formula is C17H24N2. The Hall–Kier alpha value is -1.30. The van der Waals surface area contributed by atoms with Crippen molar-refractivity contribution in [1.29, 1.82) is 0 Å². The van der Waals surface area contributed by atoms with E-state index in [1.165, 1.54) is 12.0 Å². The smallest absolute Gasteiger partial charge is 0.0473 e. The first-order chi connectivity index (χ1) is 9.31. The fourth-order valence-electron chi connectivity index (χ4n) is 2.78. The minimum atomic E-state index is 0.503. The highest BCUT2D eigenvalue weighted by Crippen LogP contribution is 2.23. The molecule has 0 bridgehead atoms. The molecule has 1 aromatic rings. The van der Waals surface area contributed by atoms with E-state index in [9.17, 15) is 0 Å². The third kappa shape index (κ3) is 4.09. The summed E-state index contributed by atoms with van der Waals surface area (Å²) in [5.74, 6) is 2.73. The van der Waals surface area contributed by atoms with Crippen LogP contribution < -0.4 is 5.32 Å². The Balaban J connectivity index is 1.97. The summed E-state index contributed by atoms with van der Waals surface area (Å²) in [4.78, 5) is 2.60. The Bertz CT molecular complexity index is 407. The summed E-state index contributed by atoms with van der Waals surface area (Å²) in [6.07, 6.45) is 8.54. The number of terminal acetylenes is 1. The average molecular weight is 256 g/mol. The molecule has 0 aliphatic carbocycles. The fourth-order valence-corrected chi connectivity index (χ4v) is 2.78. The van der Waals surface area contributed by atoms with Gasteiger partial charge in [-0.1, -0.05) is 30.3 Å². The van der Waals surface area contributed by atoms with Gasteiger partial charge in [-0.15, -0.1) is 12.3 Å². The summed E-state index contributed by atoms with van der Waals surface area (Å²) in [7, 11) is 0. The van der Waals surface area contributed by atoms with E-state index in [1.807, 2.05) is 0 Å². The van der Waals surface area contributed by atoms with Crippen molar-refractivity contribution in [2.75, 3.05) is 19.6 Å². The van der Waals surface area contributed by atoms with E-state index in [-0.39, 0.29) is 0 Å². The summed E-state index contributed by atoms with van der Waals surface area (Å²) in [5, 5.41) is 3.59. The summed E-state index contributed by atoms with van der Waals surface area (Å²) < 4.78 is 0. The van der Waals surface area contributed by atoms with Crippen LogP contribution in [0, 0.1) is 12.3 Å². The molecule has 0 radical (unpaired) electrons. The maximum Gasteiger partial charge on any atom is 0.0473 e. The van der Waals surface area contributed by atoms with E-state index in [1.54, 1.807) is 0 Å². The van der Waals surface area contributed by atoms with Crippen molar-refractivity contribution in [2.45, 2.75) is 38.3 Å². The normalized spacial score (nSPS) is 24.0. The highest BCUT2D eigenvalue weighted by molar-refractivity contribution is 5.20. The van der Waals surface area contributed by atoms with Gasteiger partial charge in [0.1, 0.15) is 0 Å². The number of piperazine rings is 1. The molecule has 0 saturated carbocycles. The van der Waals surface area contributed by atoms with Crippen LogP contribution in [0.15, 0.2) is 30.3 Å². The molecule has 1 aliphatic rings. The zero-order chi connectivity index (χ0) is 13.5. The zero-order valence-electron chi connectivity index (χ0n) is 11.8. The van der Waals surface area contributed by atoms with Crippen LogP contribution in [0.4, 0.5) is 0 Å². The van der Waals surface area contributed by atoms with Gasteiger partial charge in [0, 0.05) is 31.6 Å². The fraction of sp³-hybridized carbons (Fsp3) is 0.529. The van der Waals surface area contributed by atoms with E-state index in [0.29, 0.717) is 12.1 Å². The lowest BCUT2D eigenvalue weighted by atomic mass is 10.0. The van der Waals surface area contributed by atoms with Gasteiger partial charge < -0.3 is 5.32 Å². The molecule has 0 spiro atoms. The second-order valence-corrected chi connectivity index (χ2v) is 5.39. The molecule has 19 heavy (non-hydrogen) atoms. The summed E-state index contributed by atoms with van der Waals surface area (Å²) in [6, 6.07) is 11.9. The Morgan fingerprint density at radius 1 is 1.32 bits per heavy atom. The predicted molar refractivity (Wildman–Crippen MR) is 80.9 cm³/mol. The molecule has 1 heterocycles. The van der Waals surface area contributed by atoms with Crippen LogP contribution in [0.5, 0.6) is 0 Å². The molecule has 0 amide bonds. The van der Waals surface area contributed by atoms with Gasteiger partial charge in [-0.3, -0.25) is 4.90 Å². The molecule has 1 fully saturated rings. The highest BCUT2D eigenvalue weighted by atomic mass is 15.2. The maximum atomic E-state index is 5.31. The van der Waals surface area contributed by atoms with Gasteiger partial charge >= 0.3 is 0 Å². The van der Waals surface area contributed by atoms with Gasteiger partial charge in [0.25, 0.3) is 0 Å². The van der Waals surface area contributed by atoms with Gasteiger partial charge in [-0.05, 0) is 31.9 Å². The third-order valence-electron chi connectivity index (χ3n) is 3.81. The van der Waals surface area contributed by atoms with Gasteiger partial charge in [-0.25, -0.2) is 0 Å². The second-order valence-electron chi connectivity index (χ2n) is 5.39. The van der Waals surface area contributed by atoms with Gasteiger partial charge in [0.15, 0.2) is 0 Å². The van der Waals surface area contributed by atoms with Gasteiger partial charge in [-0.2, -0.15) is 0 Å². The van der Waals surface area contributed by atoms with E-state index in [0.717, 1.165) is 32.5 Å². The van der Waals surface area contributed by atoms with Crippen molar-refractivity contribution >= 4 is 0 Å². The minimum Gasteiger partial charge on any atom is -0.311 e. The standard InChI is InChI=1S/C17H24N2/c1-3-4-5-9-12-19-14-15(2)18-13-17(19)16-10-7-6-8-11-16/h1,6-8,10-11,15,17-18H,4-5,9,12-14H2,2H3. The van der Waals surface area contributed by atoms with Crippen LogP contribution >= 0.6 is 0 Å². The Kier molecular flexibility index (Phi) is 5.44. The van der Waals surface area contributed by atoms with Crippen LogP contribution in [-0.4, -0.2) is 30.6 Å². The SMILES string of the molecule is C#CCCCCN1CC(C)NCC1c1ccccc1. The van der Waals surface area contributed by atoms with E-state index < -0.39 is 0 Å². The molecule has 1 aliphatic heterocycles. The van der Waals surface area contributed by atoms with E-state index >= 15 is 0 Å². The summed E-state index contributed by atoms with van der Waals surface area (Å²) in [5.41, 5.74) is 1.42. The quantitative estimate of drug-likeness (QED) is 0.644. The molecule has 2 nitrogen and oxygen atoms in total. The van der Waals surface area contributed by atoms with Crippen LogP contribution in [-0.2, 0) is 0 Å². The minimum absolute atomic E-state index is 0.503. The molecule has 2 atom stereocenters. The van der Waals surface area contributed by atoms with Crippen LogP contribution in [0.25, 0.3) is 0 Å². The number of rotatable bonds is 5. The van der Waals surface area contributed by atoms with Crippen molar-refractivity contribution < 1.29 is 0 Å². The predicted octanol–water partition coefficient (Wildman–Crippen LogP) is 2.82. The lowest BCUT2D eigenvalue weighted by molar-refractivity contribution is 0.133. The monoisotopic (exact) mass is 256 g/mol. The molecule has 102 valence electrons. The zero-order valence-corrected chi connectivity index (χ0v) is 11.8. The number of nitrogens with one attached hydrogen (secondary N) is 1. The molecule has 1 aromatic carbocycles. The molecule has 1 N–H and O–H groups in total. The molecule has 2 heteroatoms. The Labute approximate surface area is 117 Å². The summed E-state index contributed by atoms with van der Waals surface area (Å²) >= 11 is 0. The van der Waals surface area contributed by atoms with Crippen molar-refractivity contribution in [3.05, 3.63) is 35.9 Å². The molecule has 2 rings (SSSR count). The number of benzene rings is 1. The van der Waals surface area contributed by atoms with Crippen molar-refractivity contribution in [2.24, 2.45) is 0 Å². The topological polar surface area (TPSA) is 15.3 Å². The van der Waals surface area contributed by atoms with Crippen LogP contribution in [0.3, 0.4) is 0 Å². The third-order valence-corrected chi connectivity index (χ3v) is 3.81. The first kappa shape index (κ1) is 14.1. The average Bonchev–Trinajstić information content (AvgIpc) is 2.45. The first-order valence-electron chi connectivity index (χ1n) is 7.27. The van der Waals surface area contributed by atoms with E-state index in [2.05, 4.69) is 53.4 Å². The largest absolute Gasteiger partial charge is 0.311 e. The van der Waals surface area contributed by atoms with Crippen LogP contribution in [0.2, 0.25) is 0 Å². The number of nitrogens with zero attached hydrogens (tertiary/aromatic N) is 1. The first-order valence-corrected chi connectivity index (χ1v) is 7.27. The lowest BCUT2D eigenvalue weighted by Gasteiger charge is -2.39. The molecule has 2 unspecified atom stereocenters. The maximum absolute atomic E-state index is 5.31. The molecular weight excluding hydrogens is 232 g/mol. The highest BCUT2D eigenvalue weighted by Gasteiger charge is 2.26. The Morgan fingerprint density at radius 2 is 2.11 bits per heavy atom. The van der Waals surface area contributed by atoms with Crippen molar-refractivity contribution in [3.8, 4) is 12.3 Å². The Morgan fingerprint density at radius 3 is 2.84 bits per heavy atom. The molecule has 1 saturated heterocycles. The van der Waals surface area contributed by atoms with E-state index in [4.69, 9.17) is 6.42 Å².